The van der Waals surface area contributed by atoms with Crippen LogP contribution in [-0.4, -0.2) is 54.0 Å². The van der Waals surface area contributed by atoms with Crippen molar-refractivity contribution >= 4 is 86.0 Å². The molecule has 2 saturated heterocycles. The van der Waals surface area contributed by atoms with Gasteiger partial charge in [0, 0.05) is 5.88 Å². The van der Waals surface area contributed by atoms with Gasteiger partial charge in [0.15, 0.2) is 0 Å². The van der Waals surface area contributed by atoms with Crippen LogP contribution < -0.4 is 0 Å². The van der Waals surface area contributed by atoms with Crippen molar-refractivity contribution in [1.82, 2.24) is 4.90 Å². The standard InChI is InChI=1S/C10H10BrCl4NO3S/c1-9(2-12)5(8(18)19-3-10(13,14)15)16-6(17)4(11)7(16)20-9/h4-5,7H,2-3H2,1H3/t4-,5?,7-,9-/m0/s1. The van der Waals surface area contributed by atoms with Crippen LogP contribution in [-0.2, 0) is 14.3 Å². The summed E-state index contributed by atoms with van der Waals surface area (Å²) in [5.41, 5.74) is 0. The summed E-state index contributed by atoms with van der Waals surface area (Å²) in [6.07, 6.45) is 0. The van der Waals surface area contributed by atoms with E-state index in [1.165, 1.54) is 16.7 Å². The third-order valence-electron chi connectivity index (χ3n) is 3.13. The predicted octanol–water partition coefficient (Wildman–Crippen LogP) is 2.94. The van der Waals surface area contributed by atoms with Crippen LogP contribution >= 0.6 is 74.1 Å². The fraction of sp³-hybridized carbons (Fsp3) is 0.800. The number of ether oxygens (including phenoxy) is 1. The Morgan fingerprint density at radius 1 is 1.55 bits per heavy atom. The lowest BCUT2D eigenvalue weighted by Gasteiger charge is -2.41. The molecule has 0 spiro atoms. The normalized spacial score (nSPS) is 36.6. The molecule has 2 aliphatic rings. The summed E-state index contributed by atoms with van der Waals surface area (Å²) in [6.45, 7) is 1.44. The molecule has 10 heteroatoms. The summed E-state index contributed by atoms with van der Waals surface area (Å²) in [5.74, 6) is -0.569. The van der Waals surface area contributed by atoms with Gasteiger partial charge in [0.1, 0.15) is 22.8 Å². The van der Waals surface area contributed by atoms with Gasteiger partial charge in [0.25, 0.3) is 0 Å². The fourth-order valence-corrected chi connectivity index (χ4v) is 5.02. The lowest BCUT2D eigenvalue weighted by Crippen LogP contribution is -2.64. The number of rotatable bonds is 3. The van der Waals surface area contributed by atoms with E-state index in [0.29, 0.717) is 0 Å². The number of amides is 1. The van der Waals surface area contributed by atoms with Gasteiger partial charge < -0.3 is 9.64 Å². The molecule has 0 aromatic rings. The van der Waals surface area contributed by atoms with Crippen LogP contribution in [0.1, 0.15) is 6.92 Å². The molecule has 114 valence electrons. The number of alkyl halides is 5. The van der Waals surface area contributed by atoms with Gasteiger partial charge in [0.05, 0.1) is 4.75 Å². The number of thioether (sulfide) groups is 1. The van der Waals surface area contributed by atoms with E-state index in [1.807, 2.05) is 6.92 Å². The zero-order chi connectivity index (χ0) is 15.3. The van der Waals surface area contributed by atoms with E-state index in [2.05, 4.69) is 15.9 Å². The Hall–Kier alpha value is 0.930. The van der Waals surface area contributed by atoms with E-state index >= 15 is 0 Å². The first-order valence-electron chi connectivity index (χ1n) is 5.54. The second-order valence-corrected chi connectivity index (χ2v) is 10.1. The Kier molecular flexibility index (Phi) is 5.06. The molecule has 2 heterocycles. The first kappa shape index (κ1) is 17.3. The van der Waals surface area contributed by atoms with Crippen molar-refractivity contribution in [1.29, 1.82) is 0 Å². The van der Waals surface area contributed by atoms with Crippen LogP contribution in [0.5, 0.6) is 0 Å². The zero-order valence-electron chi connectivity index (χ0n) is 10.1. The minimum atomic E-state index is -1.69. The Bertz CT molecular complexity index is 449. The van der Waals surface area contributed by atoms with Gasteiger partial charge >= 0.3 is 5.97 Å². The number of halogens is 5. The highest BCUT2D eigenvalue weighted by atomic mass is 79.9. The molecule has 2 fully saturated rings. The van der Waals surface area contributed by atoms with Gasteiger partial charge in [-0.1, -0.05) is 50.7 Å². The summed E-state index contributed by atoms with van der Waals surface area (Å²) in [5, 5.41) is -0.128. The smallest absolute Gasteiger partial charge is 0.330 e. The highest BCUT2D eigenvalue weighted by Gasteiger charge is 2.64. The van der Waals surface area contributed by atoms with Crippen LogP contribution in [0.25, 0.3) is 0 Å². The van der Waals surface area contributed by atoms with Gasteiger partial charge in [0.2, 0.25) is 9.70 Å². The van der Waals surface area contributed by atoms with Crippen LogP contribution in [0.4, 0.5) is 0 Å². The SMILES string of the molecule is C[C@@]1(CCl)S[C@H]2[C@@H](Br)C(=O)N2C1C(=O)OCC(Cl)(Cl)Cl. The van der Waals surface area contributed by atoms with Crippen LogP contribution in [0.3, 0.4) is 0 Å². The minimum Gasteiger partial charge on any atom is -0.460 e. The largest absolute Gasteiger partial charge is 0.460 e. The molecule has 0 saturated carbocycles. The quantitative estimate of drug-likeness (QED) is 0.380. The maximum Gasteiger partial charge on any atom is 0.330 e. The van der Waals surface area contributed by atoms with E-state index in [9.17, 15) is 9.59 Å². The Labute approximate surface area is 148 Å². The van der Waals surface area contributed by atoms with E-state index in [1.54, 1.807) is 0 Å². The predicted molar refractivity (Wildman–Crippen MR) is 85.1 cm³/mol. The lowest BCUT2D eigenvalue weighted by atomic mass is 9.98. The minimum absolute atomic E-state index is 0.128. The van der Waals surface area contributed by atoms with E-state index in [0.717, 1.165) is 0 Å². The molecule has 4 nitrogen and oxygen atoms in total. The average molecular weight is 446 g/mol. The molecule has 0 bridgehead atoms. The van der Waals surface area contributed by atoms with E-state index < -0.39 is 20.6 Å². The van der Waals surface area contributed by atoms with Gasteiger partial charge in [-0.2, -0.15) is 0 Å². The van der Waals surface area contributed by atoms with Gasteiger partial charge in [-0.05, 0) is 6.92 Å². The van der Waals surface area contributed by atoms with Gasteiger partial charge in [-0.3, -0.25) is 4.79 Å². The molecular weight excluding hydrogens is 436 g/mol. The van der Waals surface area contributed by atoms with Crippen molar-refractivity contribution in [2.24, 2.45) is 0 Å². The zero-order valence-corrected chi connectivity index (χ0v) is 15.5. The van der Waals surface area contributed by atoms with Crippen molar-refractivity contribution in [2.45, 2.75) is 31.7 Å². The summed E-state index contributed by atoms with van der Waals surface area (Å²) >= 11 is 27.4. The number of carbonyl (C=O) groups is 2. The maximum absolute atomic E-state index is 12.2. The summed E-state index contributed by atoms with van der Waals surface area (Å²) in [4.78, 5) is 25.3. The molecule has 1 amide bonds. The second kappa shape index (κ2) is 5.85. The Morgan fingerprint density at radius 2 is 2.15 bits per heavy atom. The van der Waals surface area contributed by atoms with E-state index in [4.69, 9.17) is 51.1 Å². The molecule has 2 aliphatic heterocycles. The highest BCUT2D eigenvalue weighted by Crippen LogP contribution is 2.53. The van der Waals surface area contributed by atoms with Crippen molar-refractivity contribution in [2.75, 3.05) is 12.5 Å². The van der Waals surface area contributed by atoms with Gasteiger partial charge in [-0.25, -0.2) is 4.79 Å². The second-order valence-electron chi connectivity index (χ2n) is 4.73. The average Bonchev–Trinajstić information content (AvgIpc) is 2.66. The Morgan fingerprint density at radius 3 is 2.65 bits per heavy atom. The van der Waals surface area contributed by atoms with Crippen LogP contribution in [0, 0.1) is 0 Å². The van der Waals surface area contributed by atoms with Crippen molar-refractivity contribution in [3.63, 3.8) is 0 Å². The number of esters is 1. The lowest BCUT2D eigenvalue weighted by molar-refractivity contribution is -0.160. The van der Waals surface area contributed by atoms with Crippen molar-refractivity contribution in [3.05, 3.63) is 0 Å². The summed E-state index contributed by atoms with van der Waals surface area (Å²) in [6, 6.07) is -0.774. The molecule has 0 aliphatic carbocycles. The third kappa shape index (κ3) is 3.01. The fourth-order valence-electron chi connectivity index (χ4n) is 2.17. The van der Waals surface area contributed by atoms with Crippen LogP contribution in [0.15, 0.2) is 0 Å². The molecule has 2 rings (SSSR count). The van der Waals surface area contributed by atoms with E-state index in [-0.39, 0.29) is 28.6 Å². The number of hydrogen-bond donors (Lipinski definition) is 0. The molecule has 4 atom stereocenters. The summed E-state index contributed by atoms with van der Waals surface area (Å²) in [7, 11) is 0. The number of β-lactam (4-membered cyclic amide) rings is 1. The maximum atomic E-state index is 12.2. The number of hydrogen-bond acceptors (Lipinski definition) is 4. The monoisotopic (exact) mass is 443 g/mol. The van der Waals surface area contributed by atoms with Crippen LogP contribution in [0.2, 0.25) is 0 Å². The van der Waals surface area contributed by atoms with Gasteiger partial charge in [-0.15, -0.1) is 23.4 Å². The number of carbonyl (C=O) groups excluding carboxylic acids is 2. The molecule has 20 heavy (non-hydrogen) atoms. The Balaban J connectivity index is 2.15. The molecule has 0 N–H and O–H groups in total. The number of fused-ring (bicyclic) bond motifs is 1. The molecular formula is C10H10BrCl4NO3S. The molecule has 0 aromatic heterocycles. The number of nitrogens with zero attached hydrogens (tertiary/aromatic N) is 1. The molecule has 1 unspecified atom stereocenters. The van der Waals surface area contributed by atoms with Crippen molar-refractivity contribution in [3.8, 4) is 0 Å². The first-order valence-corrected chi connectivity index (χ1v) is 9.00. The highest BCUT2D eigenvalue weighted by molar-refractivity contribution is 9.10. The van der Waals surface area contributed by atoms with Crippen molar-refractivity contribution < 1.29 is 14.3 Å². The third-order valence-corrected chi connectivity index (χ3v) is 7.06. The first-order chi connectivity index (χ1) is 9.10. The molecule has 0 aromatic carbocycles. The topological polar surface area (TPSA) is 46.6 Å². The molecule has 0 radical (unpaired) electrons. The summed E-state index contributed by atoms with van der Waals surface area (Å²) < 4.78 is 2.69.